The normalized spacial score (nSPS) is 10.6. The van der Waals surface area contributed by atoms with Crippen molar-refractivity contribution in [3.63, 3.8) is 0 Å². The van der Waals surface area contributed by atoms with Crippen LogP contribution in [0.5, 0.6) is 0 Å². The van der Waals surface area contributed by atoms with Gasteiger partial charge in [0.05, 0.1) is 6.54 Å². The summed E-state index contributed by atoms with van der Waals surface area (Å²) < 4.78 is 43.4. The minimum Gasteiger partial charge on any atom is -0.316 e. The van der Waals surface area contributed by atoms with Crippen LogP contribution in [0.2, 0.25) is 0 Å². The molecular weight excluding hydrogens is 251 g/mol. The number of hydrogen-bond donors (Lipinski definition) is 2. The lowest BCUT2D eigenvalue weighted by Crippen LogP contribution is -2.07. The van der Waals surface area contributed by atoms with Crippen LogP contribution in [-0.2, 0) is 6.54 Å². The molecule has 90 valence electrons. The number of nitrogens with zero attached hydrogens (tertiary/aromatic N) is 2. The van der Waals surface area contributed by atoms with E-state index in [0.717, 1.165) is 12.1 Å². The number of anilines is 1. The van der Waals surface area contributed by atoms with Crippen LogP contribution in [0.25, 0.3) is 0 Å². The van der Waals surface area contributed by atoms with Crippen molar-refractivity contribution in [2.24, 2.45) is 0 Å². The predicted octanol–water partition coefficient (Wildman–Crippen LogP) is 2.61. The molecule has 1 aromatic heterocycles. The molecule has 0 radical (unpaired) electrons. The van der Waals surface area contributed by atoms with Crippen molar-refractivity contribution >= 4 is 18.6 Å². The average Bonchev–Trinajstić information content (AvgIpc) is 2.77. The molecule has 0 atom stereocenters. The fraction of sp³-hybridized carbons (Fsp3) is 0.100. The Labute approximate surface area is 101 Å². The van der Waals surface area contributed by atoms with Crippen molar-refractivity contribution in [2.45, 2.75) is 6.54 Å². The van der Waals surface area contributed by atoms with Crippen LogP contribution in [0.4, 0.5) is 19.0 Å². The van der Waals surface area contributed by atoms with Gasteiger partial charge in [0.1, 0.15) is 5.82 Å². The van der Waals surface area contributed by atoms with Crippen LogP contribution in [0.3, 0.4) is 0 Å². The highest BCUT2D eigenvalue weighted by molar-refractivity contribution is 7.81. The van der Waals surface area contributed by atoms with E-state index in [1.807, 2.05) is 0 Å². The number of hydrogen-bond acceptors (Lipinski definition) is 3. The monoisotopic (exact) mass is 259 g/mol. The molecule has 2 rings (SSSR count). The Balaban J connectivity index is 2.32. The molecule has 0 saturated heterocycles. The molecule has 0 saturated carbocycles. The highest BCUT2D eigenvalue weighted by Gasteiger charge is 2.14. The third kappa shape index (κ3) is 2.38. The third-order valence-electron chi connectivity index (χ3n) is 2.21. The number of thiol groups is 1. The fourth-order valence-corrected chi connectivity index (χ4v) is 1.50. The second-order valence-corrected chi connectivity index (χ2v) is 3.56. The number of benzene rings is 1. The van der Waals surface area contributed by atoms with Crippen molar-refractivity contribution in [3.8, 4) is 0 Å². The summed E-state index contributed by atoms with van der Waals surface area (Å²) in [5.41, 5.74) is -0.362. The van der Waals surface area contributed by atoms with Crippen molar-refractivity contribution in [2.75, 3.05) is 4.72 Å². The van der Waals surface area contributed by atoms with E-state index >= 15 is 0 Å². The molecule has 0 bridgehead atoms. The van der Waals surface area contributed by atoms with Gasteiger partial charge in [-0.25, -0.2) is 13.2 Å². The van der Waals surface area contributed by atoms with Crippen molar-refractivity contribution in [1.82, 2.24) is 9.78 Å². The second-order valence-electron chi connectivity index (χ2n) is 3.33. The SMILES string of the molecule is Fc1ccc(F)c(Cn2ccc(NS)n2)c1F. The zero-order chi connectivity index (χ0) is 12.4. The smallest absolute Gasteiger partial charge is 0.166 e. The Morgan fingerprint density at radius 2 is 1.88 bits per heavy atom. The maximum atomic E-state index is 13.4. The molecule has 17 heavy (non-hydrogen) atoms. The number of nitrogens with one attached hydrogen (secondary N) is 1. The quantitative estimate of drug-likeness (QED) is 0.655. The van der Waals surface area contributed by atoms with Crippen LogP contribution < -0.4 is 4.72 Å². The van der Waals surface area contributed by atoms with Crippen molar-refractivity contribution in [1.29, 1.82) is 0 Å². The lowest BCUT2D eigenvalue weighted by molar-refractivity contribution is 0.470. The highest BCUT2D eigenvalue weighted by atomic mass is 32.1. The Kier molecular flexibility index (Phi) is 3.28. The summed E-state index contributed by atoms with van der Waals surface area (Å²) in [6, 6.07) is 3.20. The van der Waals surface area contributed by atoms with Gasteiger partial charge in [0, 0.05) is 17.8 Å². The van der Waals surface area contributed by atoms with E-state index in [0.29, 0.717) is 5.82 Å². The van der Waals surface area contributed by atoms with Crippen molar-refractivity contribution < 1.29 is 13.2 Å². The summed E-state index contributed by atoms with van der Waals surface area (Å²) in [5, 5.41) is 3.91. The lowest BCUT2D eigenvalue weighted by Gasteiger charge is -2.05. The summed E-state index contributed by atoms with van der Waals surface area (Å²) in [6.07, 6.45) is 1.50. The Morgan fingerprint density at radius 1 is 1.18 bits per heavy atom. The van der Waals surface area contributed by atoms with Crippen LogP contribution in [0.15, 0.2) is 24.4 Å². The van der Waals surface area contributed by atoms with Gasteiger partial charge in [-0.3, -0.25) is 4.68 Å². The standard InChI is InChI=1S/C10H8F3N3S/c11-7-1-2-8(12)10(13)6(7)5-16-4-3-9(14-16)15-17/h1-4,17H,5H2,(H,14,15). The van der Waals surface area contributed by atoms with E-state index in [1.54, 1.807) is 6.07 Å². The van der Waals surface area contributed by atoms with E-state index in [1.165, 1.54) is 10.9 Å². The molecule has 3 nitrogen and oxygen atoms in total. The minimum absolute atomic E-state index is 0.190. The van der Waals surface area contributed by atoms with Gasteiger partial charge in [-0.2, -0.15) is 5.10 Å². The van der Waals surface area contributed by atoms with E-state index in [4.69, 9.17) is 0 Å². The first-order chi connectivity index (χ1) is 8.11. The Bertz CT molecular complexity index is 542. The van der Waals surface area contributed by atoms with Gasteiger partial charge in [0.25, 0.3) is 0 Å². The van der Waals surface area contributed by atoms with Crippen molar-refractivity contribution in [3.05, 3.63) is 47.4 Å². The van der Waals surface area contributed by atoms with E-state index < -0.39 is 17.5 Å². The molecule has 0 aliphatic rings. The zero-order valence-electron chi connectivity index (χ0n) is 8.49. The summed E-state index contributed by atoms with van der Waals surface area (Å²) in [5.74, 6) is -2.65. The first-order valence-corrected chi connectivity index (χ1v) is 5.12. The van der Waals surface area contributed by atoms with Gasteiger partial charge in [-0.05, 0) is 12.1 Å². The molecule has 0 unspecified atom stereocenters. The largest absolute Gasteiger partial charge is 0.316 e. The van der Waals surface area contributed by atoms with Gasteiger partial charge in [-0.1, -0.05) is 12.8 Å². The average molecular weight is 259 g/mol. The van der Waals surface area contributed by atoms with E-state index in [2.05, 4.69) is 22.6 Å². The predicted molar refractivity (Wildman–Crippen MR) is 60.3 cm³/mol. The van der Waals surface area contributed by atoms with E-state index in [9.17, 15) is 13.2 Å². The van der Waals surface area contributed by atoms with Gasteiger partial charge >= 0.3 is 0 Å². The molecule has 0 amide bonds. The molecule has 1 heterocycles. The molecule has 2 aromatic rings. The third-order valence-corrected chi connectivity index (χ3v) is 2.44. The van der Waals surface area contributed by atoms with Crippen LogP contribution >= 0.6 is 12.8 Å². The summed E-state index contributed by atoms with van der Waals surface area (Å²) in [6.45, 7) is -0.190. The molecule has 7 heteroatoms. The van der Waals surface area contributed by atoms with Gasteiger partial charge in [0.2, 0.25) is 0 Å². The highest BCUT2D eigenvalue weighted by Crippen LogP contribution is 2.17. The maximum Gasteiger partial charge on any atom is 0.166 e. The summed E-state index contributed by atoms with van der Waals surface area (Å²) >= 11 is 3.77. The van der Waals surface area contributed by atoms with E-state index in [-0.39, 0.29) is 12.1 Å². The molecule has 1 N–H and O–H groups in total. The topological polar surface area (TPSA) is 29.9 Å². The second kappa shape index (κ2) is 4.70. The first-order valence-electron chi connectivity index (χ1n) is 4.67. The molecule has 1 aromatic carbocycles. The van der Waals surface area contributed by atoms with Crippen LogP contribution in [0, 0.1) is 17.5 Å². The molecule has 0 aliphatic carbocycles. The first kappa shape index (κ1) is 11.8. The fourth-order valence-electron chi connectivity index (χ4n) is 1.39. The molecule has 0 fully saturated rings. The summed E-state index contributed by atoms with van der Waals surface area (Å²) in [4.78, 5) is 0. The van der Waals surface area contributed by atoms with Crippen LogP contribution in [0.1, 0.15) is 5.56 Å². The summed E-state index contributed by atoms with van der Waals surface area (Å²) in [7, 11) is 0. The van der Waals surface area contributed by atoms with Gasteiger partial charge in [0.15, 0.2) is 17.5 Å². The minimum atomic E-state index is -1.19. The number of rotatable bonds is 3. The Morgan fingerprint density at radius 3 is 2.53 bits per heavy atom. The Hall–Kier alpha value is -1.63. The number of aromatic nitrogens is 2. The molecular formula is C10H8F3N3S. The van der Waals surface area contributed by atoms with Gasteiger partial charge in [-0.15, -0.1) is 0 Å². The molecule has 0 aliphatic heterocycles. The zero-order valence-corrected chi connectivity index (χ0v) is 9.39. The molecule has 0 spiro atoms. The number of halogens is 3. The van der Waals surface area contributed by atoms with Gasteiger partial charge < -0.3 is 4.72 Å². The maximum absolute atomic E-state index is 13.4. The van der Waals surface area contributed by atoms with Crippen LogP contribution in [-0.4, -0.2) is 9.78 Å². The lowest BCUT2D eigenvalue weighted by atomic mass is 10.2.